The van der Waals surface area contributed by atoms with E-state index in [2.05, 4.69) is 44.9 Å². The number of aliphatic imine (C=N–C) groups is 1. The van der Waals surface area contributed by atoms with Gasteiger partial charge in [0.1, 0.15) is 0 Å². The zero-order chi connectivity index (χ0) is 24.0. The van der Waals surface area contributed by atoms with Crippen LogP contribution >= 0.6 is 0 Å². The molecule has 0 radical (unpaired) electrons. The molecule has 0 saturated heterocycles. The summed E-state index contributed by atoms with van der Waals surface area (Å²) >= 11 is 0. The highest BCUT2D eigenvalue weighted by atomic mass is 16.2. The minimum Gasteiger partial charge on any atom is -0.370 e. The van der Waals surface area contributed by atoms with Crippen molar-refractivity contribution in [2.24, 2.45) is 22.4 Å². The summed E-state index contributed by atoms with van der Waals surface area (Å²) < 4.78 is 0. The van der Waals surface area contributed by atoms with E-state index < -0.39 is 0 Å². The van der Waals surface area contributed by atoms with Gasteiger partial charge in [0.05, 0.1) is 11.7 Å². The number of guanidine groups is 1. The summed E-state index contributed by atoms with van der Waals surface area (Å²) in [6, 6.07) is 14.1. The number of pyridine rings is 1. The fourth-order valence-electron chi connectivity index (χ4n) is 4.54. The third-order valence-electron chi connectivity index (χ3n) is 6.57. The lowest BCUT2D eigenvalue weighted by molar-refractivity contribution is -0.123. The van der Waals surface area contributed by atoms with Gasteiger partial charge in [-0.05, 0) is 54.9 Å². The van der Waals surface area contributed by atoms with E-state index in [0.717, 1.165) is 23.6 Å². The Morgan fingerprint density at radius 1 is 1.03 bits per heavy atom. The van der Waals surface area contributed by atoms with Gasteiger partial charge in [0.25, 0.3) is 0 Å². The van der Waals surface area contributed by atoms with Crippen molar-refractivity contribution in [2.45, 2.75) is 76.9 Å². The van der Waals surface area contributed by atoms with Gasteiger partial charge in [-0.15, -0.1) is 0 Å². The molecule has 1 aliphatic rings. The van der Waals surface area contributed by atoms with Crippen molar-refractivity contribution in [3.05, 3.63) is 65.5 Å². The lowest BCUT2D eigenvalue weighted by Crippen LogP contribution is -2.43. The molecule has 1 aromatic carbocycles. The number of rotatable bonds is 13. The highest BCUT2D eigenvalue weighted by Gasteiger charge is 2.18. The summed E-state index contributed by atoms with van der Waals surface area (Å²) in [6.45, 7) is 1.54. The maximum atomic E-state index is 12.9. The van der Waals surface area contributed by atoms with E-state index in [9.17, 15) is 4.79 Å². The van der Waals surface area contributed by atoms with Crippen LogP contribution < -0.4 is 22.1 Å². The van der Waals surface area contributed by atoms with E-state index in [4.69, 9.17) is 11.5 Å². The van der Waals surface area contributed by atoms with Crippen molar-refractivity contribution in [3.8, 4) is 0 Å². The summed E-state index contributed by atoms with van der Waals surface area (Å²) in [7, 11) is 0. The molecular formula is C27H40N6O. The molecule has 1 aliphatic carbocycles. The van der Waals surface area contributed by atoms with Gasteiger partial charge in [0, 0.05) is 25.8 Å². The van der Waals surface area contributed by atoms with Crippen molar-refractivity contribution in [2.75, 3.05) is 6.54 Å². The molecule has 0 spiro atoms. The van der Waals surface area contributed by atoms with E-state index in [1.165, 1.54) is 44.1 Å². The average molecular weight is 465 g/mol. The molecule has 7 heteroatoms. The fraction of sp³-hybridized carbons (Fsp3) is 0.519. The number of hydrogen-bond donors (Lipinski definition) is 4. The molecule has 1 saturated carbocycles. The maximum absolute atomic E-state index is 12.9. The van der Waals surface area contributed by atoms with Gasteiger partial charge in [-0.25, -0.2) is 0 Å². The molecule has 3 rings (SSSR count). The summed E-state index contributed by atoms with van der Waals surface area (Å²) in [4.78, 5) is 21.3. The van der Waals surface area contributed by atoms with Gasteiger partial charge in [-0.3, -0.25) is 14.8 Å². The summed E-state index contributed by atoms with van der Waals surface area (Å²) in [5, 5.41) is 6.41. The molecule has 1 aromatic heterocycles. The van der Waals surface area contributed by atoms with E-state index in [1.807, 2.05) is 18.2 Å². The number of nitrogens with zero attached hydrogens (tertiary/aromatic N) is 2. The van der Waals surface area contributed by atoms with E-state index in [1.54, 1.807) is 6.20 Å². The first-order valence-electron chi connectivity index (χ1n) is 12.6. The van der Waals surface area contributed by atoms with Gasteiger partial charge in [0.2, 0.25) is 5.91 Å². The van der Waals surface area contributed by atoms with Crippen molar-refractivity contribution in [3.63, 3.8) is 0 Å². The van der Waals surface area contributed by atoms with Crippen molar-refractivity contribution in [1.82, 2.24) is 15.6 Å². The first-order chi connectivity index (χ1) is 16.6. The van der Waals surface area contributed by atoms with Crippen LogP contribution in [-0.2, 0) is 24.3 Å². The lowest BCUT2D eigenvalue weighted by atomic mass is 9.85. The lowest BCUT2D eigenvalue weighted by Gasteiger charge is -2.21. The quantitative estimate of drug-likeness (QED) is 0.206. The third kappa shape index (κ3) is 9.51. The maximum Gasteiger partial charge on any atom is 0.237 e. The molecule has 184 valence electrons. The Morgan fingerprint density at radius 2 is 1.79 bits per heavy atom. The minimum atomic E-state index is -0.342. The van der Waals surface area contributed by atoms with Crippen molar-refractivity contribution >= 4 is 11.9 Å². The van der Waals surface area contributed by atoms with Gasteiger partial charge in [-0.2, -0.15) is 0 Å². The average Bonchev–Trinajstić information content (AvgIpc) is 2.87. The topological polar surface area (TPSA) is 118 Å². The Labute approximate surface area is 203 Å². The van der Waals surface area contributed by atoms with Crippen molar-refractivity contribution < 1.29 is 4.79 Å². The number of amides is 1. The SMILES string of the molecule is NC(N)=NCCC[C@H](NCc1ccccn1)C(=O)NCc1ccc(CCC2CCCCC2)cc1. The monoisotopic (exact) mass is 464 g/mol. The molecule has 1 fully saturated rings. The number of carbonyl (C=O) groups excluding carboxylic acids is 1. The molecule has 6 N–H and O–H groups in total. The van der Waals surface area contributed by atoms with Crippen LogP contribution in [0.5, 0.6) is 0 Å². The number of benzene rings is 1. The van der Waals surface area contributed by atoms with Crippen LogP contribution in [0.4, 0.5) is 0 Å². The van der Waals surface area contributed by atoms with E-state index >= 15 is 0 Å². The number of carbonyl (C=O) groups is 1. The van der Waals surface area contributed by atoms with Crippen LogP contribution in [0.3, 0.4) is 0 Å². The predicted octanol–water partition coefficient (Wildman–Crippen LogP) is 3.42. The van der Waals surface area contributed by atoms with Crippen LogP contribution in [0, 0.1) is 5.92 Å². The van der Waals surface area contributed by atoms with E-state index in [-0.39, 0.29) is 17.9 Å². The first kappa shape index (κ1) is 25.7. The molecule has 0 aliphatic heterocycles. The van der Waals surface area contributed by atoms with Gasteiger partial charge < -0.3 is 22.1 Å². The third-order valence-corrected chi connectivity index (χ3v) is 6.57. The van der Waals surface area contributed by atoms with Crippen LogP contribution in [0.1, 0.15) is 68.2 Å². The second-order valence-electron chi connectivity index (χ2n) is 9.28. The molecule has 1 atom stereocenters. The zero-order valence-corrected chi connectivity index (χ0v) is 20.2. The second-order valence-corrected chi connectivity index (χ2v) is 9.28. The van der Waals surface area contributed by atoms with Crippen LogP contribution in [0.15, 0.2) is 53.7 Å². The number of nitrogens with one attached hydrogen (secondary N) is 2. The molecule has 34 heavy (non-hydrogen) atoms. The Bertz CT molecular complexity index is 874. The molecule has 1 heterocycles. The Kier molecular flexibility index (Phi) is 10.8. The standard InChI is InChI=1S/C27H40N6O/c28-27(29)31-18-6-10-25(32-20-24-9-4-5-17-30-24)26(34)33-19-23-15-13-22(14-16-23)12-11-21-7-2-1-3-8-21/h4-5,9,13-17,21,25,32H,1-3,6-8,10-12,18-20H2,(H,33,34)(H4,28,29,31)/t25-/m0/s1. The molecule has 0 unspecified atom stereocenters. The molecule has 2 aromatic rings. The number of aryl methyl sites for hydroxylation is 1. The fourth-order valence-corrected chi connectivity index (χ4v) is 4.54. The van der Waals surface area contributed by atoms with E-state index in [0.29, 0.717) is 32.5 Å². The number of hydrogen-bond acceptors (Lipinski definition) is 4. The largest absolute Gasteiger partial charge is 0.370 e. The highest BCUT2D eigenvalue weighted by Crippen LogP contribution is 2.27. The summed E-state index contributed by atoms with van der Waals surface area (Å²) in [5.74, 6) is 0.946. The molecule has 7 nitrogen and oxygen atoms in total. The van der Waals surface area contributed by atoms with Crippen LogP contribution in [0.2, 0.25) is 0 Å². The smallest absolute Gasteiger partial charge is 0.237 e. The van der Waals surface area contributed by atoms with Crippen LogP contribution in [0.25, 0.3) is 0 Å². The predicted molar refractivity (Wildman–Crippen MR) is 138 cm³/mol. The van der Waals surface area contributed by atoms with Crippen molar-refractivity contribution in [1.29, 1.82) is 0 Å². The zero-order valence-electron chi connectivity index (χ0n) is 20.2. The number of nitrogens with two attached hydrogens (primary N) is 2. The molecular weight excluding hydrogens is 424 g/mol. The van der Waals surface area contributed by atoms with Gasteiger partial charge in [0.15, 0.2) is 5.96 Å². The Hall–Kier alpha value is -2.93. The molecule has 1 amide bonds. The number of aromatic nitrogens is 1. The second kappa shape index (κ2) is 14.4. The minimum absolute atomic E-state index is 0.0259. The summed E-state index contributed by atoms with van der Waals surface area (Å²) in [6.07, 6.45) is 12.5. The normalized spacial score (nSPS) is 14.9. The van der Waals surface area contributed by atoms with Gasteiger partial charge >= 0.3 is 0 Å². The Morgan fingerprint density at radius 3 is 2.50 bits per heavy atom. The Balaban J connectivity index is 1.46. The van der Waals surface area contributed by atoms with Crippen LogP contribution in [-0.4, -0.2) is 29.4 Å². The summed E-state index contributed by atoms with van der Waals surface area (Å²) in [5.41, 5.74) is 14.2. The first-order valence-corrected chi connectivity index (χ1v) is 12.6. The van der Waals surface area contributed by atoms with Gasteiger partial charge in [-0.1, -0.05) is 62.4 Å². The molecule has 0 bridgehead atoms. The highest BCUT2D eigenvalue weighted by molar-refractivity contribution is 5.81.